The van der Waals surface area contributed by atoms with Crippen LogP contribution in [0.3, 0.4) is 0 Å². The highest BCUT2D eigenvalue weighted by molar-refractivity contribution is 5.97. The van der Waals surface area contributed by atoms with E-state index in [9.17, 15) is 9.59 Å². The molecule has 0 radical (unpaired) electrons. The highest BCUT2D eigenvalue weighted by Crippen LogP contribution is 2.16. The van der Waals surface area contributed by atoms with Gasteiger partial charge in [0.2, 0.25) is 0 Å². The zero-order chi connectivity index (χ0) is 14.5. The van der Waals surface area contributed by atoms with E-state index in [2.05, 4.69) is 20.3 Å². The average molecular weight is 273 g/mol. The summed E-state index contributed by atoms with van der Waals surface area (Å²) in [5, 5.41) is 9.28. The fourth-order valence-corrected chi connectivity index (χ4v) is 1.73. The summed E-state index contributed by atoms with van der Waals surface area (Å²) in [6, 6.07) is 8.16. The van der Waals surface area contributed by atoms with E-state index in [1.54, 1.807) is 25.3 Å². The molecule has 6 heteroatoms. The third-order valence-electron chi connectivity index (χ3n) is 2.86. The normalized spacial score (nSPS) is 11.7. The maximum atomic E-state index is 11.9. The first-order chi connectivity index (χ1) is 9.61. The molecule has 0 saturated carbocycles. The van der Waals surface area contributed by atoms with Gasteiger partial charge in [-0.25, -0.2) is 4.79 Å². The number of hydrogen-bond donors (Lipinski definition) is 2. The molecule has 0 aliphatic heterocycles. The maximum absolute atomic E-state index is 11.9. The Hall–Kier alpha value is -2.63. The molecule has 0 aliphatic rings. The van der Waals surface area contributed by atoms with Crippen molar-refractivity contribution in [2.75, 3.05) is 7.11 Å². The Labute approximate surface area is 116 Å². The van der Waals surface area contributed by atoms with Gasteiger partial charge in [-0.3, -0.25) is 9.89 Å². The van der Waals surface area contributed by atoms with Gasteiger partial charge in [0.1, 0.15) is 6.04 Å². The molecule has 1 amide bonds. The van der Waals surface area contributed by atoms with Crippen LogP contribution in [0.2, 0.25) is 0 Å². The number of esters is 1. The minimum absolute atomic E-state index is 0.320. The fourth-order valence-electron chi connectivity index (χ4n) is 1.73. The Morgan fingerprint density at radius 3 is 2.50 bits per heavy atom. The lowest BCUT2D eigenvalue weighted by Gasteiger charge is -2.11. The summed E-state index contributed by atoms with van der Waals surface area (Å²) in [5.41, 5.74) is 2.28. The van der Waals surface area contributed by atoms with Gasteiger partial charge < -0.3 is 10.1 Å². The second kappa shape index (κ2) is 6.01. The van der Waals surface area contributed by atoms with Gasteiger partial charge in [0, 0.05) is 11.8 Å². The highest BCUT2D eigenvalue weighted by atomic mass is 16.5. The Morgan fingerprint density at radius 2 is 1.95 bits per heavy atom. The molecule has 2 N–H and O–H groups in total. The molecule has 2 rings (SSSR count). The molecule has 20 heavy (non-hydrogen) atoms. The quantitative estimate of drug-likeness (QED) is 0.824. The molecular weight excluding hydrogens is 258 g/mol. The number of aromatic nitrogens is 2. The lowest BCUT2D eigenvalue weighted by Crippen LogP contribution is -2.39. The standard InChI is InChI=1S/C14H15N3O3/c1-9(14(19)20-2)16-13(18)11-5-3-10(4-6-11)12-7-8-15-17-12/h3-9H,1-2H3,(H,15,17)(H,16,18)/t9-/m0/s1. The first-order valence-electron chi connectivity index (χ1n) is 6.10. The van der Waals surface area contributed by atoms with Crippen molar-refractivity contribution < 1.29 is 14.3 Å². The smallest absolute Gasteiger partial charge is 0.328 e. The Balaban J connectivity index is 2.06. The number of amides is 1. The predicted octanol–water partition coefficient (Wildman–Crippen LogP) is 1.37. The number of aromatic amines is 1. The van der Waals surface area contributed by atoms with Crippen molar-refractivity contribution in [1.29, 1.82) is 0 Å². The van der Waals surface area contributed by atoms with Crippen molar-refractivity contribution in [3.63, 3.8) is 0 Å². The molecule has 1 atom stereocenters. The Kier molecular flexibility index (Phi) is 4.14. The second-order valence-corrected chi connectivity index (χ2v) is 4.27. The van der Waals surface area contributed by atoms with E-state index in [4.69, 9.17) is 0 Å². The van der Waals surface area contributed by atoms with Crippen LogP contribution in [-0.4, -0.2) is 35.2 Å². The molecule has 1 heterocycles. The number of methoxy groups -OCH3 is 1. The first-order valence-corrected chi connectivity index (χ1v) is 6.10. The van der Waals surface area contributed by atoms with Crippen LogP contribution in [0.4, 0.5) is 0 Å². The summed E-state index contributed by atoms with van der Waals surface area (Å²) in [4.78, 5) is 23.2. The number of hydrogen-bond acceptors (Lipinski definition) is 4. The van der Waals surface area contributed by atoms with E-state index >= 15 is 0 Å². The van der Waals surface area contributed by atoms with Crippen molar-refractivity contribution in [2.24, 2.45) is 0 Å². The van der Waals surface area contributed by atoms with Crippen molar-refractivity contribution in [2.45, 2.75) is 13.0 Å². The summed E-state index contributed by atoms with van der Waals surface area (Å²) < 4.78 is 4.55. The lowest BCUT2D eigenvalue weighted by molar-refractivity contribution is -0.142. The van der Waals surface area contributed by atoms with Gasteiger partial charge >= 0.3 is 5.97 Å². The van der Waals surface area contributed by atoms with Gasteiger partial charge in [-0.05, 0) is 30.7 Å². The van der Waals surface area contributed by atoms with Crippen LogP contribution < -0.4 is 5.32 Å². The largest absolute Gasteiger partial charge is 0.467 e. The molecular formula is C14H15N3O3. The van der Waals surface area contributed by atoms with E-state index in [0.29, 0.717) is 5.56 Å². The molecule has 0 aliphatic carbocycles. The minimum atomic E-state index is -0.681. The number of rotatable bonds is 4. The number of H-pyrrole nitrogens is 1. The number of nitrogens with one attached hydrogen (secondary N) is 2. The monoisotopic (exact) mass is 273 g/mol. The molecule has 0 fully saturated rings. The van der Waals surface area contributed by atoms with Crippen molar-refractivity contribution >= 4 is 11.9 Å². The van der Waals surface area contributed by atoms with E-state index < -0.39 is 12.0 Å². The molecule has 0 saturated heterocycles. The number of nitrogens with zero attached hydrogens (tertiary/aromatic N) is 1. The molecule has 1 aromatic carbocycles. The fraction of sp³-hybridized carbons (Fsp3) is 0.214. The van der Waals surface area contributed by atoms with Crippen LogP contribution in [0.5, 0.6) is 0 Å². The summed E-state index contributed by atoms with van der Waals surface area (Å²) in [7, 11) is 1.28. The topological polar surface area (TPSA) is 84.1 Å². The Bertz CT molecular complexity index is 591. The number of benzene rings is 1. The summed E-state index contributed by atoms with van der Waals surface area (Å²) in [6.45, 7) is 1.57. The van der Waals surface area contributed by atoms with Gasteiger partial charge in [-0.2, -0.15) is 5.10 Å². The third-order valence-corrected chi connectivity index (χ3v) is 2.86. The van der Waals surface area contributed by atoms with Gasteiger partial charge in [0.25, 0.3) is 5.91 Å². The van der Waals surface area contributed by atoms with Crippen molar-refractivity contribution in [1.82, 2.24) is 15.5 Å². The van der Waals surface area contributed by atoms with Gasteiger partial charge in [0.15, 0.2) is 0 Å². The molecule has 104 valence electrons. The minimum Gasteiger partial charge on any atom is -0.467 e. The van der Waals surface area contributed by atoms with E-state index in [-0.39, 0.29) is 5.91 Å². The maximum Gasteiger partial charge on any atom is 0.328 e. The van der Waals surface area contributed by atoms with E-state index in [1.165, 1.54) is 7.11 Å². The lowest BCUT2D eigenvalue weighted by atomic mass is 10.1. The zero-order valence-corrected chi connectivity index (χ0v) is 11.2. The van der Waals surface area contributed by atoms with Crippen LogP contribution in [0.15, 0.2) is 36.5 Å². The number of carbonyl (C=O) groups is 2. The van der Waals surface area contributed by atoms with Crippen LogP contribution in [-0.2, 0) is 9.53 Å². The molecule has 0 bridgehead atoms. The molecule has 0 unspecified atom stereocenters. The molecule has 1 aromatic heterocycles. The number of ether oxygens (including phenoxy) is 1. The van der Waals surface area contributed by atoms with Gasteiger partial charge in [-0.1, -0.05) is 12.1 Å². The van der Waals surface area contributed by atoms with Crippen LogP contribution in [0, 0.1) is 0 Å². The number of carbonyl (C=O) groups excluding carboxylic acids is 2. The van der Waals surface area contributed by atoms with Crippen LogP contribution in [0.1, 0.15) is 17.3 Å². The Morgan fingerprint density at radius 1 is 1.25 bits per heavy atom. The predicted molar refractivity (Wildman–Crippen MR) is 73.0 cm³/mol. The third kappa shape index (κ3) is 3.03. The summed E-state index contributed by atoms with van der Waals surface area (Å²) in [6.07, 6.45) is 1.66. The second-order valence-electron chi connectivity index (χ2n) is 4.27. The van der Waals surface area contributed by atoms with E-state index in [0.717, 1.165) is 11.3 Å². The average Bonchev–Trinajstić information content (AvgIpc) is 3.00. The van der Waals surface area contributed by atoms with Gasteiger partial charge in [0.05, 0.1) is 12.8 Å². The molecule has 0 spiro atoms. The summed E-state index contributed by atoms with van der Waals surface area (Å²) >= 11 is 0. The first kappa shape index (κ1) is 13.8. The highest BCUT2D eigenvalue weighted by Gasteiger charge is 2.16. The SMILES string of the molecule is COC(=O)[C@H](C)NC(=O)c1ccc(-c2ccn[nH]2)cc1. The van der Waals surface area contributed by atoms with E-state index in [1.807, 2.05) is 18.2 Å². The van der Waals surface area contributed by atoms with Crippen molar-refractivity contribution in [3.05, 3.63) is 42.1 Å². The molecule has 6 nitrogen and oxygen atoms in total. The van der Waals surface area contributed by atoms with Crippen molar-refractivity contribution in [3.8, 4) is 11.3 Å². The van der Waals surface area contributed by atoms with Crippen LogP contribution in [0.25, 0.3) is 11.3 Å². The van der Waals surface area contributed by atoms with Gasteiger partial charge in [-0.15, -0.1) is 0 Å². The summed E-state index contributed by atoms with van der Waals surface area (Å²) in [5.74, 6) is -0.800. The molecule has 2 aromatic rings. The zero-order valence-electron chi connectivity index (χ0n) is 11.2. The van der Waals surface area contributed by atoms with Crippen LogP contribution >= 0.6 is 0 Å².